The molecule has 3 N–H and O–H groups in total. The van der Waals surface area contributed by atoms with Gasteiger partial charge in [0.05, 0.1) is 0 Å². The predicted molar refractivity (Wildman–Crippen MR) is 70.9 cm³/mol. The van der Waals surface area contributed by atoms with Gasteiger partial charge in [-0.15, -0.1) is 0 Å². The number of carboxylic acid groups (broad SMARTS) is 1. The third kappa shape index (κ3) is 2.78. The summed E-state index contributed by atoms with van der Waals surface area (Å²) in [4.78, 5) is 13.0. The minimum Gasteiger partial charge on any atom is -0.480 e. The standard InChI is InChI=1S/C12H14Cl2N2O2/c13-9-2-1-8(10(14)5-9)6-16-4-3-12(15,7-16)11(17)18/h1-2,5H,3-4,6-7,15H2,(H,17,18). The molecule has 1 aromatic rings. The molecule has 1 fully saturated rings. The first-order valence-electron chi connectivity index (χ1n) is 5.59. The molecule has 6 heteroatoms. The number of carbonyl (C=O) groups is 1. The number of hydrogen-bond acceptors (Lipinski definition) is 3. The highest BCUT2D eigenvalue weighted by Crippen LogP contribution is 2.26. The molecule has 0 radical (unpaired) electrons. The highest BCUT2D eigenvalue weighted by Gasteiger charge is 2.41. The van der Waals surface area contributed by atoms with E-state index in [9.17, 15) is 4.79 Å². The summed E-state index contributed by atoms with van der Waals surface area (Å²) >= 11 is 11.9. The van der Waals surface area contributed by atoms with E-state index in [1.807, 2.05) is 11.0 Å². The Labute approximate surface area is 115 Å². The minimum absolute atomic E-state index is 0.335. The van der Waals surface area contributed by atoms with Crippen molar-refractivity contribution in [3.63, 3.8) is 0 Å². The van der Waals surface area contributed by atoms with E-state index in [1.165, 1.54) is 0 Å². The number of aliphatic carboxylic acids is 1. The van der Waals surface area contributed by atoms with E-state index in [0.717, 1.165) is 5.56 Å². The van der Waals surface area contributed by atoms with Gasteiger partial charge in [-0.25, -0.2) is 0 Å². The molecule has 1 heterocycles. The molecule has 0 aromatic heterocycles. The summed E-state index contributed by atoms with van der Waals surface area (Å²) in [6, 6.07) is 5.30. The van der Waals surface area contributed by atoms with Gasteiger partial charge in [-0.2, -0.15) is 0 Å². The number of nitrogens with two attached hydrogens (primary N) is 1. The van der Waals surface area contributed by atoms with Crippen molar-refractivity contribution >= 4 is 29.2 Å². The van der Waals surface area contributed by atoms with Gasteiger partial charge in [0.2, 0.25) is 0 Å². The van der Waals surface area contributed by atoms with E-state index in [4.69, 9.17) is 34.0 Å². The molecule has 4 nitrogen and oxygen atoms in total. The van der Waals surface area contributed by atoms with Crippen LogP contribution in [0.4, 0.5) is 0 Å². The Hall–Kier alpha value is -0.810. The monoisotopic (exact) mass is 288 g/mol. The van der Waals surface area contributed by atoms with Crippen molar-refractivity contribution in [3.05, 3.63) is 33.8 Å². The van der Waals surface area contributed by atoms with Crippen LogP contribution in [0.25, 0.3) is 0 Å². The first-order chi connectivity index (χ1) is 8.40. The van der Waals surface area contributed by atoms with Crippen LogP contribution in [-0.4, -0.2) is 34.6 Å². The van der Waals surface area contributed by atoms with Crippen molar-refractivity contribution in [2.45, 2.75) is 18.5 Å². The van der Waals surface area contributed by atoms with Gasteiger partial charge < -0.3 is 10.8 Å². The van der Waals surface area contributed by atoms with Crippen LogP contribution in [0.2, 0.25) is 10.0 Å². The molecule has 2 rings (SSSR count). The summed E-state index contributed by atoms with van der Waals surface area (Å²) in [5.74, 6) is -0.952. The van der Waals surface area contributed by atoms with Crippen LogP contribution in [-0.2, 0) is 11.3 Å². The third-order valence-corrected chi connectivity index (χ3v) is 3.80. The summed E-state index contributed by atoms with van der Waals surface area (Å²) in [6.45, 7) is 1.57. The lowest BCUT2D eigenvalue weighted by Gasteiger charge is -2.20. The van der Waals surface area contributed by atoms with Gasteiger partial charge in [0.1, 0.15) is 5.54 Å². The molecule has 0 saturated carbocycles. The van der Waals surface area contributed by atoms with Crippen molar-refractivity contribution in [3.8, 4) is 0 Å². The van der Waals surface area contributed by atoms with Crippen LogP contribution >= 0.6 is 23.2 Å². The number of halogens is 2. The van der Waals surface area contributed by atoms with Gasteiger partial charge in [0.25, 0.3) is 0 Å². The zero-order valence-electron chi connectivity index (χ0n) is 9.70. The molecule has 1 aromatic carbocycles. The highest BCUT2D eigenvalue weighted by molar-refractivity contribution is 6.35. The van der Waals surface area contributed by atoms with Crippen molar-refractivity contribution in [2.24, 2.45) is 5.73 Å². The smallest absolute Gasteiger partial charge is 0.325 e. The lowest BCUT2D eigenvalue weighted by atomic mass is 10.0. The molecule has 0 aliphatic carbocycles. The maximum atomic E-state index is 11.0. The van der Waals surface area contributed by atoms with Crippen molar-refractivity contribution < 1.29 is 9.90 Å². The number of benzene rings is 1. The Kier molecular flexibility index (Phi) is 3.82. The Morgan fingerprint density at radius 2 is 2.22 bits per heavy atom. The lowest BCUT2D eigenvalue weighted by molar-refractivity contribution is -0.142. The maximum Gasteiger partial charge on any atom is 0.325 e. The first kappa shape index (κ1) is 13.6. The average Bonchev–Trinajstić information content (AvgIpc) is 2.66. The second-order valence-corrected chi connectivity index (χ2v) is 5.50. The third-order valence-electron chi connectivity index (χ3n) is 3.21. The molecule has 0 bridgehead atoms. The quantitative estimate of drug-likeness (QED) is 0.893. The minimum atomic E-state index is -1.14. The molecule has 1 aliphatic rings. The molecule has 0 amide bonds. The van der Waals surface area contributed by atoms with Crippen LogP contribution in [0, 0.1) is 0 Å². The molecular weight excluding hydrogens is 275 g/mol. The second kappa shape index (κ2) is 5.05. The fourth-order valence-electron chi connectivity index (χ4n) is 2.12. The Morgan fingerprint density at radius 1 is 1.50 bits per heavy atom. The molecule has 1 aliphatic heterocycles. The van der Waals surface area contributed by atoms with Crippen LogP contribution in [0.3, 0.4) is 0 Å². The fraction of sp³-hybridized carbons (Fsp3) is 0.417. The Morgan fingerprint density at radius 3 is 2.78 bits per heavy atom. The van der Waals surface area contributed by atoms with E-state index in [1.54, 1.807) is 12.1 Å². The number of carboxylic acids is 1. The van der Waals surface area contributed by atoms with E-state index >= 15 is 0 Å². The van der Waals surface area contributed by atoms with Gasteiger partial charge in [-0.1, -0.05) is 29.3 Å². The number of rotatable bonds is 3. The zero-order chi connectivity index (χ0) is 13.3. The van der Waals surface area contributed by atoms with E-state index < -0.39 is 11.5 Å². The van der Waals surface area contributed by atoms with Crippen LogP contribution in [0.15, 0.2) is 18.2 Å². The molecule has 1 saturated heterocycles. The summed E-state index contributed by atoms with van der Waals surface area (Å²) in [7, 11) is 0. The maximum absolute atomic E-state index is 11.0. The van der Waals surface area contributed by atoms with E-state index in [-0.39, 0.29) is 0 Å². The molecule has 1 unspecified atom stereocenters. The molecule has 98 valence electrons. The fourth-order valence-corrected chi connectivity index (χ4v) is 2.58. The Balaban J connectivity index is 2.06. The number of nitrogens with zero attached hydrogens (tertiary/aromatic N) is 1. The van der Waals surface area contributed by atoms with Gasteiger partial charge in [0.15, 0.2) is 0 Å². The number of likely N-dealkylation sites (tertiary alicyclic amines) is 1. The molecular formula is C12H14Cl2N2O2. The Bertz CT molecular complexity index is 481. The highest BCUT2D eigenvalue weighted by atomic mass is 35.5. The zero-order valence-corrected chi connectivity index (χ0v) is 11.2. The average molecular weight is 289 g/mol. The van der Waals surface area contributed by atoms with Crippen molar-refractivity contribution in [2.75, 3.05) is 13.1 Å². The molecule has 18 heavy (non-hydrogen) atoms. The van der Waals surface area contributed by atoms with Crippen LogP contribution in [0.5, 0.6) is 0 Å². The lowest BCUT2D eigenvalue weighted by Crippen LogP contribution is -2.50. The summed E-state index contributed by atoms with van der Waals surface area (Å²) in [6.07, 6.45) is 0.452. The first-order valence-corrected chi connectivity index (χ1v) is 6.35. The van der Waals surface area contributed by atoms with Crippen LogP contribution < -0.4 is 5.73 Å². The molecule has 0 spiro atoms. The topological polar surface area (TPSA) is 66.6 Å². The summed E-state index contributed by atoms with van der Waals surface area (Å²) in [5, 5.41) is 10.2. The van der Waals surface area contributed by atoms with E-state index in [0.29, 0.717) is 36.1 Å². The van der Waals surface area contributed by atoms with Crippen molar-refractivity contribution in [1.29, 1.82) is 0 Å². The predicted octanol–water partition coefficient (Wildman–Crippen LogP) is 1.98. The van der Waals surface area contributed by atoms with Gasteiger partial charge >= 0.3 is 5.97 Å². The summed E-state index contributed by atoms with van der Waals surface area (Å²) in [5.41, 5.74) is 5.60. The second-order valence-electron chi connectivity index (χ2n) is 4.66. The van der Waals surface area contributed by atoms with Crippen molar-refractivity contribution in [1.82, 2.24) is 4.90 Å². The van der Waals surface area contributed by atoms with E-state index in [2.05, 4.69) is 0 Å². The SMILES string of the molecule is NC1(C(=O)O)CCN(Cc2ccc(Cl)cc2Cl)C1. The van der Waals surface area contributed by atoms with Gasteiger partial charge in [-0.3, -0.25) is 9.69 Å². The normalized spacial score (nSPS) is 24.4. The summed E-state index contributed by atoms with van der Waals surface area (Å²) < 4.78 is 0. The van der Waals surface area contributed by atoms with Crippen LogP contribution in [0.1, 0.15) is 12.0 Å². The van der Waals surface area contributed by atoms with Gasteiger partial charge in [-0.05, 0) is 24.1 Å². The number of hydrogen-bond donors (Lipinski definition) is 2. The largest absolute Gasteiger partial charge is 0.480 e. The van der Waals surface area contributed by atoms with Gasteiger partial charge in [0, 0.05) is 29.7 Å². The molecule has 1 atom stereocenters.